The summed E-state index contributed by atoms with van der Waals surface area (Å²) in [5.41, 5.74) is 1.71. The van der Waals surface area contributed by atoms with Crippen molar-refractivity contribution < 1.29 is 4.79 Å². The van der Waals surface area contributed by atoms with Crippen molar-refractivity contribution in [3.63, 3.8) is 0 Å². The maximum atomic E-state index is 12.5. The van der Waals surface area contributed by atoms with Crippen molar-refractivity contribution in [1.29, 1.82) is 0 Å². The number of amides is 1. The lowest BCUT2D eigenvalue weighted by molar-refractivity contribution is -0.118. The van der Waals surface area contributed by atoms with E-state index >= 15 is 0 Å². The predicted octanol–water partition coefficient (Wildman–Crippen LogP) is 2.81. The number of rotatable bonds is 5. The quantitative estimate of drug-likeness (QED) is 0.744. The van der Waals surface area contributed by atoms with E-state index in [1.54, 1.807) is 29.3 Å². The Balaban J connectivity index is 1.73. The summed E-state index contributed by atoms with van der Waals surface area (Å²) in [6.45, 7) is 2.06. The first-order valence-corrected chi connectivity index (χ1v) is 8.75. The molecule has 23 heavy (non-hydrogen) atoms. The number of anilines is 1. The number of aryl methyl sites for hydroxylation is 2. The summed E-state index contributed by atoms with van der Waals surface area (Å²) in [5, 5.41) is 12.5. The first kappa shape index (κ1) is 15.9. The second kappa shape index (κ2) is 6.61. The van der Waals surface area contributed by atoms with Gasteiger partial charge < -0.3 is 10.6 Å². The fourth-order valence-corrected chi connectivity index (χ4v) is 3.85. The van der Waals surface area contributed by atoms with Crippen LogP contribution in [0.2, 0.25) is 0 Å². The summed E-state index contributed by atoms with van der Waals surface area (Å²) in [5.74, 6) is -0.149. The topological polar surface area (TPSA) is 71.8 Å². The first-order chi connectivity index (χ1) is 11.1. The van der Waals surface area contributed by atoms with Crippen molar-refractivity contribution in [2.75, 3.05) is 12.4 Å². The van der Waals surface area contributed by atoms with E-state index in [4.69, 9.17) is 0 Å². The molecule has 0 aromatic carbocycles. The van der Waals surface area contributed by atoms with Gasteiger partial charge in [0, 0.05) is 29.1 Å². The van der Waals surface area contributed by atoms with Gasteiger partial charge >= 0.3 is 0 Å². The highest BCUT2D eigenvalue weighted by molar-refractivity contribution is 7.17. The third kappa shape index (κ3) is 3.49. The monoisotopic (exact) mass is 347 g/mol. The summed E-state index contributed by atoms with van der Waals surface area (Å²) in [6.07, 6.45) is 3.50. The smallest absolute Gasteiger partial charge is 0.247 e. The molecule has 0 radical (unpaired) electrons. The summed E-state index contributed by atoms with van der Waals surface area (Å²) in [7, 11) is 3.57. The van der Waals surface area contributed by atoms with Gasteiger partial charge in [-0.25, -0.2) is 4.98 Å². The predicted molar refractivity (Wildman–Crippen MR) is 93.8 cm³/mol. The maximum absolute atomic E-state index is 12.5. The summed E-state index contributed by atoms with van der Waals surface area (Å²) < 4.78 is 1.67. The molecule has 3 heterocycles. The van der Waals surface area contributed by atoms with Crippen molar-refractivity contribution in [2.45, 2.75) is 13.0 Å². The Labute approximate surface area is 142 Å². The fourth-order valence-electron chi connectivity index (χ4n) is 2.23. The van der Waals surface area contributed by atoms with Crippen LogP contribution in [0, 0.1) is 6.92 Å². The number of carbonyl (C=O) groups excluding carboxylic acids is 1. The molecule has 0 fully saturated rings. The van der Waals surface area contributed by atoms with Gasteiger partial charge in [0.1, 0.15) is 6.04 Å². The summed E-state index contributed by atoms with van der Waals surface area (Å²) >= 11 is 3.12. The lowest BCUT2D eigenvalue weighted by Crippen LogP contribution is -2.30. The Hall–Kier alpha value is -2.03. The molecule has 1 amide bonds. The summed E-state index contributed by atoms with van der Waals surface area (Å²) in [6, 6.07) is 3.66. The van der Waals surface area contributed by atoms with E-state index in [1.165, 1.54) is 16.2 Å². The van der Waals surface area contributed by atoms with Gasteiger partial charge in [-0.3, -0.25) is 9.48 Å². The number of nitrogens with zero attached hydrogens (tertiary/aromatic N) is 3. The molecule has 6 nitrogen and oxygen atoms in total. The van der Waals surface area contributed by atoms with Crippen LogP contribution >= 0.6 is 22.7 Å². The van der Waals surface area contributed by atoms with Crippen LogP contribution in [-0.4, -0.2) is 27.7 Å². The minimum Gasteiger partial charge on any atom is -0.305 e. The molecule has 0 spiro atoms. The molecule has 8 heteroatoms. The minimum atomic E-state index is -0.458. The third-order valence-corrected chi connectivity index (χ3v) is 5.12. The number of aromatic nitrogens is 3. The van der Waals surface area contributed by atoms with E-state index in [9.17, 15) is 4.79 Å². The normalized spacial score (nSPS) is 12.3. The number of carbonyl (C=O) groups is 1. The molecule has 0 bridgehead atoms. The van der Waals surface area contributed by atoms with Crippen molar-refractivity contribution in [3.05, 3.63) is 40.3 Å². The Morgan fingerprint density at radius 1 is 1.39 bits per heavy atom. The average Bonchev–Trinajstić information content (AvgIpc) is 3.22. The standard InChI is InChI=1S/C15H17N5OS2/c1-9-4-5-12(23-9)11-8-22-15(18-11)19-14(21)13(16-2)10-6-17-20(3)7-10/h4-8,13,16H,1-3H3,(H,18,19,21). The number of nitrogens with one attached hydrogen (secondary N) is 2. The average molecular weight is 347 g/mol. The van der Waals surface area contributed by atoms with Gasteiger partial charge in [0.15, 0.2) is 5.13 Å². The number of thiophene rings is 1. The molecule has 0 aliphatic carbocycles. The van der Waals surface area contributed by atoms with Crippen molar-refractivity contribution in [3.8, 4) is 10.6 Å². The van der Waals surface area contributed by atoms with Gasteiger partial charge in [-0.05, 0) is 26.1 Å². The van der Waals surface area contributed by atoms with Crippen molar-refractivity contribution >= 4 is 33.7 Å². The highest BCUT2D eigenvalue weighted by Crippen LogP contribution is 2.30. The Morgan fingerprint density at radius 3 is 2.83 bits per heavy atom. The van der Waals surface area contributed by atoms with Gasteiger partial charge in [0.25, 0.3) is 0 Å². The zero-order valence-electron chi connectivity index (χ0n) is 13.0. The molecular weight excluding hydrogens is 330 g/mol. The second-order valence-corrected chi connectivity index (χ2v) is 7.25. The molecule has 1 atom stereocenters. The molecule has 0 saturated heterocycles. The highest BCUT2D eigenvalue weighted by atomic mass is 32.1. The van der Waals surface area contributed by atoms with Crippen LogP contribution in [0.25, 0.3) is 10.6 Å². The van der Waals surface area contributed by atoms with Gasteiger partial charge in [-0.2, -0.15) is 5.10 Å². The lowest BCUT2D eigenvalue weighted by atomic mass is 10.1. The fraction of sp³-hybridized carbons (Fsp3) is 0.267. The number of hydrogen-bond donors (Lipinski definition) is 2. The van der Waals surface area contributed by atoms with Crippen LogP contribution in [0.1, 0.15) is 16.5 Å². The molecule has 1 unspecified atom stereocenters. The molecule has 0 aliphatic rings. The molecule has 0 saturated carbocycles. The lowest BCUT2D eigenvalue weighted by Gasteiger charge is -2.12. The SMILES string of the molecule is CNC(C(=O)Nc1nc(-c2ccc(C)s2)cs1)c1cnn(C)c1. The Morgan fingerprint density at radius 2 is 2.22 bits per heavy atom. The zero-order chi connectivity index (χ0) is 16.4. The summed E-state index contributed by atoms with van der Waals surface area (Å²) in [4.78, 5) is 19.3. The van der Waals surface area contributed by atoms with E-state index in [2.05, 4.69) is 33.7 Å². The van der Waals surface area contributed by atoms with Crippen molar-refractivity contribution in [1.82, 2.24) is 20.1 Å². The first-order valence-electron chi connectivity index (χ1n) is 7.06. The molecule has 3 aromatic rings. The van der Waals surface area contributed by atoms with E-state index in [0.29, 0.717) is 5.13 Å². The minimum absolute atomic E-state index is 0.149. The molecule has 120 valence electrons. The molecule has 2 N–H and O–H groups in total. The van der Waals surface area contributed by atoms with Gasteiger partial charge in [0.2, 0.25) is 5.91 Å². The number of hydrogen-bond acceptors (Lipinski definition) is 6. The van der Waals surface area contributed by atoms with Crippen LogP contribution in [0.3, 0.4) is 0 Å². The van der Waals surface area contributed by atoms with E-state index in [0.717, 1.165) is 16.1 Å². The largest absolute Gasteiger partial charge is 0.305 e. The van der Waals surface area contributed by atoms with E-state index < -0.39 is 6.04 Å². The Kier molecular flexibility index (Phi) is 4.56. The Bertz CT molecular complexity index is 819. The van der Waals surface area contributed by atoms with Gasteiger partial charge in [-0.1, -0.05) is 0 Å². The second-order valence-electron chi connectivity index (χ2n) is 5.11. The third-order valence-electron chi connectivity index (χ3n) is 3.34. The maximum Gasteiger partial charge on any atom is 0.247 e. The van der Waals surface area contributed by atoms with Crippen LogP contribution in [0.5, 0.6) is 0 Å². The zero-order valence-corrected chi connectivity index (χ0v) is 14.7. The van der Waals surface area contributed by atoms with E-state index in [1.807, 2.05) is 24.7 Å². The molecular formula is C15H17N5OS2. The molecule has 0 aliphatic heterocycles. The van der Waals surface area contributed by atoms with Crippen LogP contribution < -0.4 is 10.6 Å². The number of likely N-dealkylation sites (N-methyl/N-ethyl adjacent to an activating group) is 1. The van der Waals surface area contributed by atoms with Crippen LogP contribution in [-0.2, 0) is 11.8 Å². The van der Waals surface area contributed by atoms with Gasteiger partial charge in [0.05, 0.1) is 16.8 Å². The van der Waals surface area contributed by atoms with Crippen LogP contribution in [0.4, 0.5) is 5.13 Å². The van der Waals surface area contributed by atoms with Crippen molar-refractivity contribution in [2.24, 2.45) is 7.05 Å². The number of thiazole rings is 1. The van der Waals surface area contributed by atoms with Crippen LogP contribution in [0.15, 0.2) is 29.9 Å². The van der Waals surface area contributed by atoms with Gasteiger partial charge in [-0.15, -0.1) is 22.7 Å². The molecule has 3 rings (SSSR count). The molecule has 3 aromatic heterocycles. The highest BCUT2D eigenvalue weighted by Gasteiger charge is 2.21. The van der Waals surface area contributed by atoms with E-state index in [-0.39, 0.29) is 5.91 Å².